The van der Waals surface area contributed by atoms with Crippen LogP contribution in [-0.2, 0) is 38.2 Å². The highest BCUT2D eigenvalue weighted by Crippen LogP contribution is 2.66. The Kier molecular flexibility index (Phi) is 7.76. The van der Waals surface area contributed by atoms with E-state index in [9.17, 15) is 33.3 Å². The summed E-state index contributed by atoms with van der Waals surface area (Å²) in [6.45, 7) is -1.62. The molecule has 1 aliphatic heterocycles. The number of nitrogens with one attached hydrogen (secondary N) is 1. The fraction of sp³-hybridized carbons (Fsp3) is 0.600. The van der Waals surface area contributed by atoms with Crippen molar-refractivity contribution in [3.05, 3.63) is 32.6 Å². The first-order valence-electron chi connectivity index (χ1n) is 7.69. The van der Waals surface area contributed by atoms with Gasteiger partial charge in [0.05, 0.1) is 24.9 Å². The predicted octanol–water partition coefficient (Wildman–Crippen LogP) is -1.98. The summed E-state index contributed by atoms with van der Waals surface area (Å²) in [6.07, 6.45) is -3.18. The number of hydrogen-bond donors (Lipinski definition) is 7. The van der Waals surface area contributed by atoms with E-state index in [0.29, 0.717) is 0 Å². The van der Waals surface area contributed by atoms with E-state index in [1.807, 2.05) is 4.98 Å². The highest BCUT2D eigenvalue weighted by atomic mass is 31.3. The van der Waals surface area contributed by atoms with Gasteiger partial charge < -0.3 is 34.5 Å². The summed E-state index contributed by atoms with van der Waals surface area (Å²) >= 11 is 0. The summed E-state index contributed by atoms with van der Waals surface area (Å²) in [5, 5.41) is 19.1. The number of rotatable bonds is 9. The fourth-order valence-corrected chi connectivity index (χ4v) is 5.39. The van der Waals surface area contributed by atoms with E-state index in [1.54, 1.807) is 0 Å². The van der Waals surface area contributed by atoms with Gasteiger partial charge in [-0.3, -0.25) is 18.9 Å². The number of phosphoric ester groups is 1. The number of ether oxygens (including phenoxy) is 1. The van der Waals surface area contributed by atoms with Crippen LogP contribution in [0.1, 0.15) is 18.2 Å². The Hall–Kier alpha value is -1.03. The first-order valence-corrected chi connectivity index (χ1v) is 12.2. The van der Waals surface area contributed by atoms with Crippen molar-refractivity contribution in [2.75, 3.05) is 6.61 Å². The SMILES string of the molecule is O=c1[nH]c(=O)n([C@@H]2CC(O)[C@H](COP(=O)(O)OP(=O)(O)OP(=O)(O)O)O2)cc1CO. The summed E-state index contributed by atoms with van der Waals surface area (Å²) in [5.41, 5.74) is -1.94. The molecule has 1 aromatic rings. The van der Waals surface area contributed by atoms with Crippen LogP contribution >= 0.6 is 23.5 Å². The molecule has 7 N–H and O–H groups in total. The van der Waals surface area contributed by atoms with Gasteiger partial charge in [-0.2, -0.15) is 8.62 Å². The summed E-state index contributed by atoms with van der Waals surface area (Å²) in [5.74, 6) is 0. The van der Waals surface area contributed by atoms with Gasteiger partial charge in [-0.1, -0.05) is 0 Å². The molecule has 172 valence electrons. The van der Waals surface area contributed by atoms with Crippen molar-refractivity contribution in [1.82, 2.24) is 9.55 Å². The second-order valence-electron chi connectivity index (χ2n) is 5.80. The number of aromatic nitrogens is 2. The maximum atomic E-state index is 11.9. The lowest BCUT2D eigenvalue weighted by Gasteiger charge is -2.19. The van der Waals surface area contributed by atoms with Gasteiger partial charge in [0, 0.05) is 12.6 Å². The quantitative estimate of drug-likeness (QED) is 0.182. The van der Waals surface area contributed by atoms with E-state index in [2.05, 4.69) is 13.1 Å². The van der Waals surface area contributed by atoms with E-state index in [1.165, 1.54) is 0 Å². The molecule has 0 radical (unpaired) electrons. The minimum absolute atomic E-state index is 0.176. The van der Waals surface area contributed by atoms with Crippen LogP contribution < -0.4 is 11.2 Å². The molecule has 0 saturated carbocycles. The zero-order chi connectivity index (χ0) is 22.9. The van der Waals surface area contributed by atoms with Crippen LogP contribution in [0.25, 0.3) is 0 Å². The Morgan fingerprint density at radius 1 is 1.13 bits per heavy atom. The molecule has 20 heteroatoms. The molecule has 2 heterocycles. The van der Waals surface area contributed by atoms with Crippen LogP contribution in [-0.4, -0.2) is 58.2 Å². The Labute approximate surface area is 165 Å². The molecular weight excluding hydrogens is 481 g/mol. The Bertz CT molecular complexity index is 1030. The number of H-pyrrole nitrogens is 1. The highest BCUT2D eigenvalue weighted by molar-refractivity contribution is 7.66. The number of aliphatic hydroxyl groups is 2. The summed E-state index contributed by atoms with van der Waals surface area (Å²) in [7, 11) is -16.7. The molecule has 0 aliphatic carbocycles. The van der Waals surface area contributed by atoms with Crippen LogP contribution in [0, 0.1) is 0 Å². The zero-order valence-corrected chi connectivity index (χ0v) is 17.3. The van der Waals surface area contributed by atoms with Crippen molar-refractivity contribution in [2.24, 2.45) is 0 Å². The van der Waals surface area contributed by atoms with Crippen molar-refractivity contribution < 1.29 is 61.4 Å². The summed E-state index contributed by atoms with van der Waals surface area (Å²) in [4.78, 5) is 60.6. The average Bonchev–Trinajstić information content (AvgIpc) is 2.90. The molecule has 17 nitrogen and oxygen atoms in total. The van der Waals surface area contributed by atoms with Crippen molar-refractivity contribution in [2.45, 2.75) is 31.5 Å². The molecule has 0 spiro atoms. The van der Waals surface area contributed by atoms with Gasteiger partial charge in [0.15, 0.2) is 0 Å². The normalized spacial score (nSPS) is 26.3. The van der Waals surface area contributed by atoms with Gasteiger partial charge >= 0.3 is 29.2 Å². The number of aromatic amines is 1. The number of hydrogen-bond acceptors (Lipinski definition) is 11. The minimum Gasteiger partial charge on any atom is -0.391 e. The third-order valence-electron chi connectivity index (χ3n) is 3.54. The molecule has 1 saturated heterocycles. The van der Waals surface area contributed by atoms with E-state index < -0.39 is 66.4 Å². The topological polar surface area (TPSA) is 264 Å². The molecule has 0 amide bonds. The lowest BCUT2D eigenvalue weighted by Crippen LogP contribution is -2.34. The Balaban J connectivity index is 2.05. The molecule has 1 aliphatic rings. The van der Waals surface area contributed by atoms with Gasteiger partial charge in [-0.15, -0.1) is 0 Å². The van der Waals surface area contributed by atoms with Crippen LogP contribution in [0.4, 0.5) is 0 Å². The van der Waals surface area contributed by atoms with Gasteiger partial charge in [0.2, 0.25) is 0 Å². The monoisotopic (exact) mass is 498 g/mol. The fourth-order valence-electron chi connectivity index (χ4n) is 2.36. The van der Waals surface area contributed by atoms with E-state index in [-0.39, 0.29) is 12.0 Å². The smallest absolute Gasteiger partial charge is 0.391 e. The molecule has 1 fully saturated rings. The molecule has 1 aromatic heterocycles. The second kappa shape index (κ2) is 9.22. The molecule has 5 atom stereocenters. The first-order chi connectivity index (χ1) is 13.6. The maximum Gasteiger partial charge on any atom is 0.490 e. The molecule has 2 rings (SSSR count). The molecule has 0 bridgehead atoms. The van der Waals surface area contributed by atoms with Gasteiger partial charge in [0.1, 0.15) is 12.3 Å². The lowest BCUT2D eigenvalue weighted by molar-refractivity contribution is -0.0451. The average molecular weight is 498 g/mol. The minimum atomic E-state index is -5.70. The Morgan fingerprint density at radius 3 is 2.33 bits per heavy atom. The second-order valence-corrected chi connectivity index (χ2v) is 10.2. The van der Waals surface area contributed by atoms with Crippen LogP contribution in [0.3, 0.4) is 0 Å². The lowest BCUT2D eigenvalue weighted by atomic mass is 10.2. The van der Waals surface area contributed by atoms with E-state index in [4.69, 9.17) is 24.5 Å². The van der Waals surface area contributed by atoms with Gasteiger partial charge in [0.25, 0.3) is 5.56 Å². The van der Waals surface area contributed by atoms with Crippen LogP contribution in [0.15, 0.2) is 15.8 Å². The van der Waals surface area contributed by atoms with Crippen molar-refractivity contribution in [3.63, 3.8) is 0 Å². The largest absolute Gasteiger partial charge is 0.490 e. The van der Waals surface area contributed by atoms with Crippen molar-refractivity contribution >= 4 is 23.5 Å². The standard InChI is InChI=1S/C10H17N2O15P3/c13-3-5-2-12(10(16)11-9(5)15)8-1-6(14)7(25-8)4-24-29(20,21)27-30(22,23)26-28(17,18)19/h2,6-8,13-14H,1,3-4H2,(H,20,21)(H,22,23)(H,11,15,16)(H2,17,18,19)/t6?,7-,8-/m0/s1. The van der Waals surface area contributed by atoms with Crippen LogP contribution in [0.2, 0.25) is 0 Å². The van der Waals surface area contributed by atoms with E-state index >= 15 is 0 Å². The zero-order valence-electron chi connectivity index (χ0n) is 14.6. The first kappa shape index (κ1) is 25.2. The molecule has 30 heavy (non-hydrogen) atoms. The maximum absolute atomic E-state index is 11.9. The third kappa shape index (κ3) is 7.00. The predicted molar refractivity (Wildman–Crippen MR) is 91.6 cm³/mol. The number of aliphatic hydroxyl groups excluding tert-OH is 2. The third-order valence-corrected chi connectivity index (χ3v) is 7.35. The molecule has 0 aromatic carbocycles. The van der Waals surface area contributed by atoms with Gasteiger partial charge in [-0.25, -0.2) is 18.5 Å². The molecule has 3 unspecified atom stereocenters. The van der Waals surface area contributed by atoms with Crippen LogP contribution in [0.5, 0.6) is 0 Å². The number of phosphoric acid groups is 3. The summed E-state index contributed by atoms with van der Waals surface area (Å²) in [6, 6.07) is 0. The number of nitrogens with zero attached hydrogens (tertiary/aromatic N) is 1. The Morgan fingerprint density at radius 2 is 1.77 bits per heavy atom. The van der Waals surface area contributed by atoms with E-state index in [0.717, 1.165) is 10.8 Å². The van der Waals surface area contributed by atoms with Gasteiger partial charge in [-0.05, 0) is 0 Å². The molecular formula is C10H17N2O15P3. The highest BCUT2D eigenvalue weighted by Gasteiger charge is 2.43. The van der Waals surface area contributed by atoms with Crippen molar-refractivity contribution in [3.8, 4) is 0 Å². The summed E-state index contributed by atoms with van der Waals surface area (Å²) < 4.78 is 51.1. The van der Waals surface area contributed by atoms with Crippen molar-refractivity contribution in [1.29, 1.82) is 0 Å².